The number of anilines is 1. The lowest BCUT2D eigenvalue weighted by Crippen LogP contribution is -2.38. The Hall–Kier alpha value is -3.04. The van der Waals surface area contributed by atoms with Gasteiger partial charge in [-0.25, -0.2) is 15.2 Å². The summed E-state index contributed by atoms with van der Waals surface area (Å²) in [6.07, 6.45) is 1.61. The number of likely N-dealkylation sites (N-methyl/N-ethyl adjacent to an activating group) is 1. The molecule has 0 saturated heterocycles. The number of hydroxylamine groups is 3. The van der Waals surface area contributed by atoms with E-state index in [-0.39, 0.29) is 16.2 Å². The predicted molar refractivity (Wildman–Crippen MR) is 137 cm³/mol. The Morgan fingerprint density at radius 2 is 1.94 bits per heavy atom. The number of amides is 1. The van der Waals surface area contributed by atoms with E-state index in [1.54, 1.807) is 31.9 Å². The number of benzene rings is 1. The number of aromatic nitrogens is 6. The molecule has 0 atom stereocenters. The Kier molecular flexibility index (Phi) is 8.21. The summed E-state index contributed by atoms with van der Waals surface area (Å²) >= 11 is 3.85. The fourth-order valence-electron chi connectivity index (χ4n) is 2.81. The maximum Gasteiger partial charge on any atom is 0.277 e. The Morgan fingerprint density at radius 1 is 1.17 bits per heavy atom. The first-order valence-corrected chi connectivity index (χ1v) is 13.2. The third kappa shape index (κ3) is 7.24. The number of hydrogen-bond acceptors (Lipinski definition) is 11. The Balaban J connectivity index is 1.53. The second-order valence-corrected chi connectivity index (χ2v) is 11.0. The van der Waals surface area contributed by atoms with Crippen LogP contribution in [0.15, 0.2) is 62.7 Å². The van der Waals surface area contributed by atoms with E-state index in [1.807, 2.05) is 43.4 Å². The average molecular weight is 546 g/mol. The van der Waals surface area contributed by atoms with Crippen LogP contribution >= 0.6 is 35.1 Å². The van der Waals surface area contributed by atoms with Crippen LogP contribution in [0.5, 0.6) is 5.75 Å². The summed E-state index contributed by atoms with van der Waals surface area (Å²) in [5.41, 5.74) is 0.267. The number of pyridine rings is 1. The predicted octanol–water partition coefficient (Wildman–Crippen LogP) is 3.77. The number of carbonyl (C=O) groups is 1. The topological polar surface area (TPSA) is 128 Å². The minimum absolute atomic E-state index is 0.159. The summed E-state index contributed by atoms with van der Waals surface area (Å²) in [4.78, 5) is 23.6. The molecule has 0 aliphatic carbocycles. The Morgan fingerprint density at radius 3 is 2.58 bits per heavy atom. The van der Waals surface area contributed by atoms with Crippen LogP contribution in [-0.4, -0.2) is 72.1 Å². The molecule has 1 aromatic carbocycles. The molecule has 2 N–H and O–H groups in total. The van der Waals surface area contributed by atoms with Crippen molar-refractivity contribution in [2.45, 2.75) is 26.9 Å². The van der Waals surface area contributed by atoms with Gasteiger partial charge in [0.25, 0.3) is 5.91 Å². The highest BCUT2D eigenvalue weighted by atomic mass is 32.2. The largest absolute Gasteiger partial charge is 0.488 e. The van der Waals surface area contributed by atoms with Crippen LogP contribution in [0.1, 0.15) is 16.3 Å². The standard InChI is InChI=1S/C22H24N8O3S3/c1-14-24-21(36-28-14)26-20(31)19-17(9-10-18(25-19)35-22-27-23-13-29(22)2)34-16-7-5-15(6-8-16)33-12-11-30(3,4)32/h5-10,13,32H,11-12H2,1-4H3/p+1. The maximum absolute atomic E-state index is 13.2. The molecule has 1 amide bonds. The van der Waals surface area contributed by atoms with Crippen LogP contribution in [0.3, 0.4) is 0 Å². The van der Waals surface area contributed by atoms with Gasteiger partial charge in [-0.1, -0.05) is 11.8 Å². The highest BCUT2D eigenvalue weighted by molar-refractivity contribution is 7.99. The van der Waals surface area contributed by atoms with Gasteiger partial charge in [-0.15, -0.1) is 10.2 Å². The van der Waals surface area contributed by atoms with Gasteiger partial charge in [0.1, 0.15) is 41.8 Å². The quantitative estimate of drug-likeness (QED) is 0.224. The van der Waals surface area contributed by atoms with Crippen LogP contribution in [-0.2, 0) is 7.05 Å². The van der Waals surface area contributed by atoms with Crippen molar-refractivity contribution < 1.29 is 19.4 Å². The highest BCUT2D eigenvalue weighted by Gasteiger charge is 2.19. The molecule has 0 bridgehead atoms. The molecular weight excluding hydrogens is 520 g/mol. The number of carbonyl (C=O) groups excluding carboxylic acids is 1. The van der Waals surface area contributed by atoms with E-state index in [9.17, 15) is 10.0 Å². The van der Waals surface area contributed by atoms with Gasteiger partial charge in [-0.2, -0.15) is 9.02 Å². The first kappa shape index (κ1) is 26.0. The van der Waals surface area contributed by atoms with Crippen molar-refractivity contribution in [3.05, 3.63) is 54.2 Å². The Labute approximate surface area is 220 Å². The molecule has 0 unspecified atom stereocenters. The molecule has 0 spiro atoms. The molecule has 0 saturated carbocycles. The SMILES string of the molecule is Cc1nsc(NC(=O)c2nc(Sc3nncn3C)ccc2Sc2ccc(OCC[N+](C)(C)O)cc2)n1. The molecule has 0 aliphatic heterocycles. The lowest BCUT2D eigenvalue weighted by atomic mass is 10.3. The molecule has 0 fully saturated rings. The summed E-state index contributed by atoms with van der Waals surface area (Å²) in [7, 11) is 5.22. The molecule has 0 aliphatic rings. The minimum Gasteiger partial charge on any atom is -0.488 e. The van der Waals surface area contributed by atoms with Crippen LogP contribution in [0.2, 0.25) is 0 Å². The van der Waals surface area contributed by atoms with Crippen LogP contribution < -0.4 is 10.1 Å². The van der Waals surface area contributed by atoms with Crippen molar-refractivity contribution in [3.63, 3.8) is 0 Å². The van der Waals surface area contributed by atoms with Crippen molar-refractivity contribution in [2.24, 2.45) is 7.05 Å². The van der Waals surface area contributed by atoms with E-state index in [1.165, 1.54) is 23.5 Å². The Bertz CT molecular complexity index is 1340. The zero-order valence-electron chi connectivity index (χ0n) is 20.1. The van der Waals surface area contributed by atoms with Crippen LogP contribution in [0.4, 0.5) is 5.13 Å². The second kappa shape index (κ2) is 11.3. The van der Waals surface area contributed by atoms with E-state index >= 15 is 0 Å². The monoisotopic (exact) mass is 545 g/mol. The highest BCUT2D eigenvalue weighted by Crippen LogP contribution is 2.34. The number of rotatable bonds is 10. The number of nitrogens with zero attached hydrogens (tertiary/aromatic N) is 7. The number of hydrogen-bond donors (Lipinski definition) is 2. The lowest BCUT2D eigenvalue weighted by molar-refractivity contribution is -1.07. The second-order valence-electron chi connectivity index (χ2n) is 8.19. The fourth-order valence-corrected chi connectivity index (χ4v) is 5.02. The molecular formula is C22H25N8O3S3+. The fraction of sp³-hybridized carbons (Fsp3) is 0.273. The molecule has 4 aromatic rings. The van der Waals surface area contributed by atoms with Gasteiger partial charge in [0, 0.05) is 28.4 Å². The lowest BCUT2D eigenvalue weighted by Gasteiger charge is -2.19. The van der Waals surface area contributed by atoms with Crippen molar-refractivity contribution >= 4 is 46.1 Å². The summed E-state index contributed by atoms with van der Waals surface area (Å²) in [5.74, 6) is 0.915. The molecule has 36 heavy (non-hydrogen) atoms. The van der Waals surface area contributed by atoms with E-state index in [4.69, 9.17) is 4.74 Å². The first-order chi connectivity index (χ1) is 17.2. The maximum atomic E-state index is 13.2. The molecule has 3 heterocycles. The van der Waals surface area contributed by atoms with E-state index in [0.29, 0.717) is 44.9 Å². The minimum atomic E-state index is -0.376. The van der Waals surface area contributed by atoms with Crippen LogP contribution in [0, 0.1) is 6.92 Å². The molecule has 4 rings (SSSR count). The van der Waals surface area contributed by atoms with Crippen molar-refractivity contribution in [1.29, 1.82) is 0 Å². The summed E-state index contributed by atoms with van der Waals surface area (Å²) in [6, 6.07) is 11.3. The van der Waals surface area contributed by atoms with Gasteiger partial charge in [0.15, 0.2) is 5.16 Å². The smallest absolute Gasteiger partial charge is 0.277 e. The zero-order chi connectivity index (χ0) is 25.7. The van der Waals surface area contributed by atoms with Gasteiger partial charge >= 0.3 is 0 Å². The van der Waals surface area contributed by atoms with E-state index in [0.717, 1.165) is 16.4 Å². The number of aryl methyl sites for hydroxylation is 2. The zero-order valence-corrected chi connectivity index (χ0v) is 22.5. The first-order valence-electron chi connectivity index (χ1n) is 10.8. The van der Waals surface area contributed by atoms with Gasteiger partial charge in [0.2, 0.25) is 5.13 Å². The normalized spacial score (nSPS) is 11.5. The third-order valence-electron chi connectivity index (χ3n) is 4.62. The van der Waals surface area contributed by atoms with Gasteiger partial charge in [-0.05, 0) is 55.1 Å². The molecule has 11 nitrogen and oxygen atoms in total. The van der Waals surface area contributed by atoms with E-state index < -0.39 is 0 Å². The van der Waals surface area contributed by atoms with Crippen molar-refractivity contribution in [2.75, 3.05) is 32.6 Å². The van der Waals surface area contributed by atoms with Gasteiger partial charge in [-0.3, -0.25) is 10.1 Å². The summed E-state index contributed by atoms with van der Waals surface area (Å²) < 4.78 is 11.4. The number of ether oxygens (including phenoxy) is 1. The summed E-state index contributed by atoms with van der Waals surface area (Å²) in [5, 5.41) is 22.2. The van der Waals surface area contributed by atoms with Crippen molar-refractivity contribution in [1.82, 2.24) is 29.1 Å². The van der Waals surface area contributed by atoms with Crippen molar-refractivity contribution in [3.8, 4) is 5.75 Å². The molecule has 0 radical (unpaired) electrons. The average Bonchev–Trinajstić information content (AvgIpc) is 3.42. The number of nitrogens with one attached hydrogen (secondary N) is 1. The number of quaternary nitrogens is 1. The van der Waals surface area contributed by atoms with Gasteiger partial charge in [0.05, 0.1) is 14.1 Å². The molecule has 3 aromatic heterocycles. The molecule has 188 valence electrons. The van der Waals surface area contributed by atoms with Crippen LogP contribution in [0.25, 0.3) is 0 Å². The van der Waals surface area contributed by atoms with Gasteiger partial charge < -0.3 is 9.30 Å². The van der Waals surface area contributed by atoms with E-state index in [2.05, 4.69) is 29.9 Å². The molecule has 14 heteroatoms. The summed E-state index contributed by atoms with van der Waals surface area (Å²) in [6.45, 7) is 2.62. The third-order valence-corrected chi connectivity index (χ3v) is 7.39.